The van der Waals surface area contributed by atoms with E-state index in [4.69, 9.17) is 14.6 Å². The lowest BCUT2D eigenvalue weighted by Crippen LogP contribution is -2.03. The predicted octanol–water partition coefficient (Wildman–Crippen LogP) is 2.15. The number of ether oxygens (including phenoxy) is 2. The first-order valence-corrected chi connectivity index (χ1v) is 5.44. The molecule has 0 aliphatic carbocycles. The summed E-state index contributed by atoms with van der Waals surface area (Å²) in [6.45, 7) is 1.98. The highest BCUT2D eigenvalue weighted by molar-refractivity contribution is 5.85. The summed E-state index contributed by atoms with van der Waals surface area (Å²) in [5.41, 5.74) is 1.11. The summed E-state index contributed by atoms with van der Waals surface area (Å²) in [5.74, 6) is 0.437. The standard InChI is InChI=1S/C13H17NO4/c1-9(13(15)16)4-5-14-10-6-11(17-2)8-12(7-10)18-3/h4,6-8,14H,5H2,1-3H3,(H,15,16)/b9-4-. The molecule has 0 radical (unpaired) electrons. The molecule has 5 nitrogen and oxygen atoms in total. The maximum Gasteiger partial charge on any atom is 0.331 e. The first-order chi connectivity index (χ1) is 8.56. The van der Waals surface area contributed by atoms with Crippen LogP contribution in [-0.4, -0.2) is 31.8 Å². The Morgan fingerprint density at radius 2 is 1.83 bits per heavy atom. The topological polar surface area (TPSA) is 67.8 Å². The fraction of sp³-hybridized carbons (Fsp3) is 0.308. The van der Waals surface area contributed by atoms with E-state index in [1.54, 1.807) is 33.3 Å². The maximum atomic E-state index is 10.6. The molecule has 1 aromatic rings. The molecule has 0 aliphatic heterocycles. The first kappa shape index (κ1) is 13.9. The van der Waals surface area contributed by atoms with Gasteiger partial charge in [-0.25, -0.2) is 4.79 Å². The number of anilines is 1. The van der Waals surface area contributed by atoms with Crippen LogP contribution in [0.5, 0.6) is 11.5 Å². The van der Waals surface area contributed by atoms with E-state index in [0.717, 1.165) is 5.69 Å². The molecule has 1 aromatic carbocycles. The van der Waals surface area contributed by atoms with Crippen molar-refractivity contribution in [3.8, 4) is 11.5 Å². The van der Waals surface area contributed by atoms with Crippen molar-refractivity contribution in [2.75, 3.05) is 26.1 Å². The molecule has 98 valence electrons. The van der Waals surface area contributed by atoms with E-state index in [2.05, 4.69) is 5.32 Å². The van der Waals surface area contributed by atoms with E-state index < -0.39 is 5.97 Å². The molecule has 0 fully saturated rings. The van der Waals surface area contributed by atoms with Crippen LogP contribution in [0.25, 0.3) is 0 Å². The van der Waals surface area contributed by atoms with Gasteiger partial charge in [-0.15, -0.1) is 0 Å². The monoisotopic (exact) mass is 251 g/mol. The molecule has 0 atom stereocenters. The number of methoxy groups -OCH3 is 2. The van der Waals surface area contributed by atoms with Crippen molar-refractivity contribution in [1.29, 1.82) is 0 Å². The summed E-state index contributed by atoms with van der Waals surface area (Å²) < 4.78 is 10.3. The van der Waals surface area contributed by atoms with Gasteiger partial charge in [-0.2, -0.15) is 0 Å². The van der Waals surface area contributed by atoms with Gasteiger partial charge in [-0.1, -0.05) is 6.08 Å². The van der Waals surface area contributed by atoms with Gasteiger partial charge in [-0.05, 0) is 6.92 Å². The highest BCUT2D eigenvalue weighted by Crippen LogP contribution is 2.25. The zero-order valence-electron chi connectivity index (χ0n) is 10.7. The van der Waals surface area contributed by atoms with Gasteiger partial charge in [0.05, 0.1) is 14.2 Å². The quantitative estimate of drug-likeness (QED) is 0.758. The van der Waals surface area contributed by atoms with Crippen molar-refractivity contribution in [3.05, 3.63) is 29.8 Å². The SMILES string of the molecule is COc1cc(NC/C=C(/C)C(=O)O)cc(OC)c1. The Morgan fingerprint density at radius 3 is 2.28 bits per heavy atom. The Morgan fingerprint density at radius 1 is 1.28 bits per heavy atom. The number of carboxylic acid groups (broad SMARTS) is 1. The first-order valence-electron chi connectivity index (χ1n) is 5.44. The van der Waals surface area contributed by atoms with Crippen LogP contribution in [0.4, 0.5) is 5.69 Å². The van der Waals surface area contributed by atoms with Crippen LogP contribution < -0.4 is 14.8 Å². The second-order valence-electron chi connectivity index (χ2n) is 3.67. The third kappa shape index (κ3) is 4.01. The molecule has 0 aromatic heterocycles. The van der Waals surface area contributed by atoms with E-state index in [-0.39, 0.29) is 0 Å². The largest absolute Gasteiger partial charge is 0.497 e. The molecule has 0 saturated heterocycles. The van der Waals surface area contributed by atoms with Crippen molar-refractivity contribution in [3.63, 3.8) is 0 Å². The van der Waals surface area contributed by atoms with Crippen LogP contribution in [-0.2, 0) is 4.79 Å². The van der Waals surface area contributed by atoms with Gasteiger partial charge in [-0.3, -0.25) is 0 Å². The fourth-order valence-electron chi connectivity index (χ4n) is 1.32. The lowest BCUT2D eigenvalue weighted by molar-refractivity contribution is -0.132. The number of hydrogen-bond acceptors (Lipinski definition) is 4. The molecular formula is C13H17NO4. The van der Waals surface area contributed by atoms with Crippen molar-refractivity contribution < 1.29 is 19.4 Å². The minimum absolute atomic E-state index is 0.303. The van der Waals surface area contributed by atoms with E-state index in [0.29, 0.717) is 23.6 Å². The van der Waals surface area contributed by atoms with Gasteiger partial charge in [0.1, 0.15) is 11.5 Å². The van der Waals surface area contributed by atoms with Gasteiger partial charge in [0.15, 0.2) is 0 Å². The molecule has 0 aliphatic rings. The minimum Gasteiger partial charge on any atom is -0.497 e. The number of aliphatic carboxylic acids is 1. The Hall–Kier alpha value is -2.17. The van der Waals surface area contributed by atoms with Crippen LogP contribution in [0.2, 0.25) is 0 Å². The zero-order valence-corrected chi connectivity index (χ0v) is 10.7. The van der Waals surface area contributed by atoms with Crippen molar-refractivity contribution >= 4 is 11.7 Å². The Kier molecular flexibility index (Phi) is 5.05. The lowest BCUT2D eigenvalue weighted by Gasteiger charge is -2.09. The molecule has 0 spiro atoms. The predicted molar refractivity (Wildman–Crippen MR) is 69.4 cm³/mol. The summed E-state index contributed by atoms with van der Waals surface area (Å²) in [6, 6.07) is 5.39. The second kappa shape index (κ2) is 6.54. The van der Waals surface area contributed by atoms with Crippen molar-refractivity contribution in [2.45, 2.75) is 6.92 Å². The third-order valence-electron chi connectivity index (χ3n) is 2.40. The van der Waals surface area contributed by atoms with Crippen LogP contribution in [0.15, 0.2) is 29.8 Å². The number of hydrogen-bond donors (Lipinski definition) is 2. The van der Waals surface area contributed by atoms with E-state index in [1.165, 1.54) is 0 Å². The molecule has 0 saturated carbocycles. The fourth-order valence-corrected chi connectivity index (χ4v) is 1.32. The second-order valence-corrected chi connectivity index (χ2v) is 3.67. The van der Waals surface area contributed by atoms with E-state index in [9.17, 15) is 4.79 Å². The minimum atomic E-state index is -0.917. The molecule has 1 rings (SSSR count). The Balaban J connectivity index is 2.72. The van der Waals surface area contributed by atoms with Gasteiger partial charge in [0, 0.05) is 36.0 Å². The Bertz CT molecular complexity index is 432. The van der Waals surface area contributed by atoms with E-state index >= 15 is 0 Å². The molecular weight excluding hydrogens is 234 g/mol. The lowest BCUT2D eigenvalue weighted by atomic mass is 10.2. The highest BCUT2D eigenvalue weighted by atomic mass is 16.5. The summed E-state index contributed by atoms with van der Waals surface area (Å²) in [7, 11) is 3.15. The molecule has 0 amide bonds. The third-order valence-corrected chi connectivity index (χ3v) is 2.40. The molecule has 18 heavy (non-hydrogen) atoms. The van der Waals surface area contributed by atoms with Crippen molar-refractivity contribution in [2.24, 2.45) is 0 Å². The normalized spacial score (nSPS) is 10.9. The van der Waals surface area contributed by atoms with Gasteiger partial charge in [0.2, 0.25) is 0 Å². The maximum absolute atomic E-state index is 10.6. The summed E-state index contributed by atoms with van der Waals surface area (Å²) in [6.07, 6.45) is 1.61. The Labute approximate surface area is 106 Å². The number of nitrogens with one attached hydrogen (secondary N) is 1. The number of rotatable bonds is 6. The van der Waals surface area contributed by atoms with E-state index in [1.807, 2.05) is 12.1 Å². The smallest absolute Gasteiger partial charge is 0.331 e. The zero-order chi connectivity index (χ0) is 13.5. The number of benzene rings is 1. The van der Waals surface area contributed by atoms with Crippen LogP contribution >= 0.6 is 0 Å². The molecule has 0 heterocycles. The van der Waals surface area contributed by atoms with Gasteiger partial charge in [0.25, 0.3) is 0 Å². The van der Waals surface area contributed by atoms with Crippen molar-refractivity contribution in [1.82, 2.24) is 0 Å². The number of carboxylic acids is 1. The molecule has 2 N–H and O–H groups in total. The van der Waals surface area contributed by atoms with Crippen LogP contribution in [0.1, 0.15) is 6.92 Å². The van der Waals surface area contributed by atoms with Gasteiger partial charge < -0.3 is 19.9 Å². The average Bonchev–Trinajstić information content (AvgIpc) is 2.37. The summed E-state index contributed by atoms with van der Waals surface area (Å²) >= 11 is 0. The van der Waals surface area contributed by atoms with Gasteiger partial charge >= 0.3 is 5.97 Å². The molecule has 0 unspecified atom stereocenters. The van der Waals surface area contributed by atoms with Crippen LogP contribution in [0.3, 0.4) is 0 Å². The van der Waals surface area contributed by atoms with Crippen LogP contribution in [0, 0.1) is 0 Å². The summed E-state index contributed by atoms with van der Waals surface area (Å²) in [5, 5.41) is 11.8. The highest BCUT2D eigenvalue weighted by Gasteiger charge is 2.02. The number of carbonyl (C=O) groups is 1. The molecule has 0 bridgehead atoms. The summed E-state index contributed by atoms with van der Waals surface area (Å²) in [4.78, 5) is 10.6. The average molecular weight is 251 g/mol. The molecule has 5 heteroatoms.